The summed E-state index contributed by atoms with van der Waals surface area (Å²) in [5, 5.41) is 7.55. The molecule has 0 fully saturated rings. The molecule has 3 heteroatoms. The Hall–Kier alpha value is -0.380. The maximum absolute atomic E-state index is 5.45. The fourth-order valence-corrected chi connectivity index (χ4v) is 1.44. The van der Waals surface area contributed by atoms with Crippen molar-refractivity contribution >= 4 is 11.3 Å². The molecule has 2 nitrogen and oxygen atoms in total. The molecule has 1 aromatic heterocycles. The van der Waals surface area contributed by atoms with E-state index in [-0.39, 0.29) is 0 Å². The summed E-state index contributed by atoms with van der Waals surface area (Å²) in [6, 6.07) is 2.54. The largest absolute Gasteiger partial charge is 0.329 e. The number of hydrogen-bond donors (Lipinski definition) is 2. The van der Waals surface area contributed by atoms with Crippen LogP contribution in [0.25, 0.3) is 0 Å². The summed E-state index contributed by atoms with van der Waals surface area (Å²) in [7, 11) is 0. The molecule has 3 N–H and O–H groups in total. The van der Waals surface area contributed by atoms with Crippen LogP contribution < -0.4 is 11.1 Å². The molecular weight excluding hydrogens is 156 g/mol. The maximum Gasteiger partial charge on any atom is 0.0216 e. The summed E-state index contributed by atoms with van der Waals surface area (Å²) >= 11 is 1.73. The molecule has 0 spiro atoms. The Morgan fingerprint density at radius 2 is 2.55 bits per heavy atom. The van der Waals surface area contributed by atoms with Gasteiger partial charge in [-0.05, 0) is 29.3 Å². The Morgan fingerprint density at radius 3 is 3.09 bits per heavy atom. The van der Waals surface area contributed by atoms with Crippen LogP contribution in [-0.2, 0) is 6.54 Å². The van der Waals surface area contributed by atoms with Gasteiger partial charge in [0.1, 0.15) is 0 Å². The molecule has 62 valence electrons. The van der Waals surface area contributed by atoms with Gasteiger partial charge in [0.2, 0.25) is 0 Å². The molecule has 11 heavy (non-hydrogen) atoms. The lowest BCUT2D eigenvalue weighted by atomic mass is 10.3. The van der Waals surface area contributed by atoms with Crippen molar-refractivity contribution in [2.75, 3.05) is 6.54 Å². The first-order chi connectivity index (χ1) is 5.33. The van der Waals surface area contributed by atoms with Gasteiger partial charge in [-0.15, -0.1) is 0 Å². The molecule has 0 unspecified atom stereocenters. The van der Waals surface area contributed by atoms with Crippen molar-refractivity contribution < 1.29 is 0 Å². The molecular formula is C8H14N2S. The van der Waals surface area contributed by atoms with Gasteiger partial charge < -0.3 is 11.1 Å². The Balaban J connectivity index is 2.23. The minimum Gasteiger partial charge on any atom is -0.329 e. The minimum atomic E-state index is 0.412. The molecule has 0 aliphatic carbocycles. The molecule has 0 radical (unpaired) electrons. The van der Waals surface area contributed by atoms with Gasteiger partial charge in [-0.25, -0.2) is 0 Å². The Bertz CT molecular complexity index is 184. The third-order valence-electron chi connectivity index (χ3n) is 1.59. The van der Waals surface area contributed by atoms with Crippen LogP contribution in [0.4, 0.5) is 0 Å². The third kappa shape index (κ3) is 3.01. The molecule has 0 aliphatic heterocycles. The van der Waals surface area contributed by atoms with E-state index in [1.54, 1.807) is 11.3 Å². The fraction of sp³-hybridized carbons (Fsp3) is 0.500. The number of thiophene rings is 1. The number of nitrogens with one attached hydrogen (secondary N) is 1. The van der Waals surface area contributed by atoms with Crippen LogP contribution in [0.1, 0.15) is 12.5 Å². The van der Waals surface area contributed by atoms with Crippen LogP contribution in [0.5, 0.6) is 0 Å². The van der Waals surface area contributed by atoms with Crippen molar-refractivity contribution in [2.45, 2.75) is 19.5 Å². The summed E-state index contributed by atoms with van der Waals surface area (Å²) < 4.78 is 0. The zero-order valence-electron chi connectivity index (χ0n) is 6.71. The summed E-state index contributed by atoms with van der Waals surface area (Å²) in [6.07, 6.45) is 0. The average Bonchev–Trinajstić information content (AvgIpc) is 2.52. The predicted octanol–water partition coefficient (Wildman–Crippen LogP) is 1.18. The van der Waals surface area contributed by atoms with Crippen LogP contribution in [-0.4, -0.2) is 12.6 Å². The molecule has 1 atom stereocenters. The summed E-state index contributed by atoms with van der Waals surface area (Å²) in [4.78, 5) is 0. The van der Waals surface area contributed by atoms with Gasteiger partial charge in [-0.3, -0.25) is 0 Å². The van der Waals surface area contributed by atoms with Gasteiger partial charge in [0, 0.05) is 19.1 Å². The Morgan fingerprint density at radius 1 is 1.73 bits per heavy atom. The van der Waals surface area contributed by atoms with Gasteiger partial charge in [0.05, 0.1) is 0 Å². The lowest BCUT2D eigenvalue weighted by Gasteiger charge is -2.09. The van der Waals surface area contributed by atoms with E-state index in [9.17, 15) is 0 Å². The van der Waals surface area contributed by atoms with Gasteiger partial charge in [0.25, 0.3) is 0 Å². The van der Waals surface area contributed by atoms with Gasteiger partial charge in [-0.1, -0.05) is 0 Å². The van der Waals surface area contributed by atoms with E-state index in [1.165, 1.54) is 5.56 Å². The standard InChI is InChI=1S/C8H14N2S/c1-7(4-9)10-5-8-2-3-11-6-8/h2-3,6-7,10H,4-5,9H2,1H3/t7-/m0/s1. The molecule has 1 aromatic rings. The van der Waals surface area contributed by atoms with Crippen molar-refractivity contribution in [1.82, 2.24) is 5.32 Å². The summed E-state index contributed by atoms with van der Waals surface area (Å²) in [5.74, 6) is 0. The summed E-state index contributed by atoms with van der Waals surface area (Å²) in [5.41, 5.74) is 6.79. The predicted molar refractivity (Wildman–Crippen MR) is 49.7 cm³/mol. The van der Waals surface area contributed by atoms with E-state index in [2.05, 4.69) is 29.1 Å². The highest BCUT2D eigenvalue weighted by Crippen LogP contribution is 2.04. The minimum absolute atomic E-state index is 0.412. The number of rotatable bonds is 4. The highest BCUT2D eigenvalue weighted by atomic mass is 32.1. The first-order valence-electron chi connectivity index (χ1n) is 3.77. The van der Waals surface area contributed by atoms with E-state index in [0.717, 1.165) is 6.54 Å². The van der Waals surface area contributed by atoms with Gasteiger partial charge in [0.15, 0.2) is 0 Å². The second-order valence-electron chi connectivity index (χ2n) is 2.65. The summed E-state index contributed by atoms with van der Waals surface area (Å²) in [6.45, 7) is 3.72. The van der Waals surface area contributed by atoms with Crippen LogP contribution in [0.15, 0.2) is 16.8 Å². The van der Waals surface area contributed by atoms with E-state index >= 15 is 0 Å². The van der Waals surface area contributed by atoms with Crippen molar-refractivity contribution in [2.24, 2.45) is 5.73 Å². The zero-order valence-corrected chi connectivity index (χ0v) is 7.53. The highest BCUT2D eigenvalue weighted by molar-refractivity contribution is 7.07. The lowest BCUT2D eigenvalue weighted by Crippen LogP contribution is -2.32. The van der Waals surface area contributed by atoms with Crippen molar-refractivity contribution in [3.05, 3.63) is 22.4 Å². The van der Waals surface area contributed by atoms with Crippen molar-refractivity contribution in [1.29, 1.82) is 0 Å². The van der Waals surface area contributed by atoms with E-state index in [0.29, 0.717) is 12.6 Å². The second-order valence-corrected chi connectivity index (χ2v) is 3.43. The first kappa shape index (κ1) is 8.71. The Kier molecular flexibility index (Phi) is 3.56. The van der Waals surface area contributed by atoms with E-state index in [1.807, 2.05) is 0 Å². The van der Waals surface area contributed by atoms with Crippen LogP contribution in [0.2, 0.25) is 0 Å². The first-order valence-corrected chi connectivity index (χ1v) is 4.71. The van der Waals surface area contributed by atoms with Crippen LogP contribution in [0, 0.1) is 0 Å². The lowest BCUT2D eigenvalue weighted by molar-refractivity contribution is 0.557. The van der Waals surface area contributed by atoms with E-state index in [4.69, 9.17) is 5.73 Å². The highest BCUT2D eigenvalue weighted by Gasteiger charge is 1.97. The monoisotopic (exact) mass is 170 g/mol. The molecule has 0 amide bonds. The molecule has 0 saturated heterocycles. The SMILES string of the molecule is C[C@@H](CN)NCc1ccsc1. The zero-order chi connectivity index (χ0) is 8.10. The molecule has 0 aromatic carbocycles. The average molecular weight is 170 g/mol. The number of nitrogens with two attached hydrogens (primary N) is 1. The smallest absolute Gasteiger partial charge is 0.0216 e. The second kappa shape index (κ2) is 4.49. The van der Waals surface area contributed by atoms with Crippen molar-refractivity contribution in [3.63, 3.8) is 0 Å². The maximum atomic E-state index is 5.45. The van der Waals surface area contributed by atoms with E-state index < -0.39 is 0 Å². The molecule has 0 bridgehead atoms. The third-order valence-corrected chi connectivity index (χ3v) is 2.32. The van der Waals surface area contributed by atoms with Crippen LogP contribution in [0.3, 0.4) is 0 Å². The Labute approximate surface area is 71.4 Å². The molecule has 1 rings (SSSR count). The van der Waals surface area contributed by atoms with Gasteiger partial charge >= 0.3 is 0 Å². The van der Waals surface area contributed by atoms with Gasteiger partial charge in [-0.2, -0.15) is 11.3 Å². The quantitative estimate of drug-likeness (QED) is 0.712. The number of hydrogen-bond acceptors (Lipinski definition) is 3. The molecule has 0 aliphatic rings. The molecule has 0 saturated carbocycles. The normalized spacial score (nSPS) is 13.3. The van der Waals surface area contributed by atoms with Crippen LogP contribution >= 0.6 is 11.3 Å². The topological polar surface area (TPSA) is 38.0 Å². The van der Waals surface area contributed by atoms with Crippen molar-refractivity contribution in [3.8, 4) is 0 Å². The fourth-order valence-electron chi connectivity index (χ4n) is 0.769. The molecule has 1 heterocycles.